The maximum Gasteiger partial charge on any atom is 0.318 e. The minimum atomic E-state index is -0.820. The van der Waals surface area contributed by atoms with Gasteiger partial charge in [-0.3, -0.25) is 10.1 Å². The van der Waals surface area contributed by atoms with Crippen LogP contribution >= 0.6 is 11.8 Å². The summed E-state index contributed by atoms with van der Waals surface area (Å²) in [5.41, 5.74) is 6.13. The van der Waals surface area contributed by atoms with Gasteiger partial charge in [-0.2, -0.15) is 0 Å². The van der Waals surface area contributed by atoms with Crippen molar-refractivity contribution >= 4 is 23.7 Å². The van der Waals surface area contributed by atoms with Gasteiger partial charge in [-0.25, -0.2) is 4.79 Å². The molecule has 3 amide bonds. The van der Waals surface area contributed by atoms with Crippen LogP contribution in [0.2, 0.25) is 0 Å². The van der Waals surface area contributed by atoms with Crippen molar-refractivity contribution in [2.45, 2.75) is 37.5 Å². The number of benzene rings is 1. The summed E-state index contributed by atoms with van der Waals surface area (Å²) in [5, 5.41) is 5.09. The molecular formula is C15H23N3O2S. The first-order valence-corrected chi connectivity index (χ1v) is 7.83. The van der Waals surface area contributed by atoms with Gasteiger partial charge in [-0.05, 0) is 37.1 Å². The molecule has 4 N–H and O–H groups in total. The molecule has 1 rings (SSSR count). The zero-order chi connectivity index (χ0) is 15.8. The van der Waals surface area contributed by atoms with Gasteiger partial charge < -0.3 is 11.1 Å². The summed E-state index contributed by atoms with van der Waals surface area (Å²) in [4.78, 5) is 23.2. The molecule has 0 heterocycles. The standard InChI is InChI=1S/C15H23N3O2S/c1-10(2)8-17-9-12-4-6-13(7-5-12)21-11(3)14(19)18-15(16)20/h4-7,10-11,17H,8-9H2,1-3H3,(H3,16,18,19,20). The SMILES string of the molecule is CC(C)CNCc1ccc(SC(C)C(=O)NC(N)=O)cc1. The summed E-state index contributed by atoms with van der Waals surface area (Å²) < 4.78 is 0. The second-order valence-electron chi connectivity index (χ2n) is 5.28. The highest BCUT2D eigenvalue weighted by molar-refractivity contribution is 8.00. The summed E-state index contributed by atoms with van der Waals surface area (Å²) in [7, 11) is 0. The van der Waals surface area contributed by atoms with E-state index in [9.17, 15) is 9.59 Å². The van der Waals surface area contributed by atoms with E-state index in [1.165, 1.54) is 17.3 Å². The highest BCUT2D eigenvalue weighted by Gasteiger charge is 2.15. The molecule has 116 valence electrons. The zero-order valence-corrected chi connectivity index (χ0v) is 13.5. The Morgan fingerprint density at radius 1 is 1.19 bits per heavy atom. The van der Waals surface area contributed by atoms with Gasteiger partial charge in [-0.1, -0.05) is 26.0 Å². The van der Waals surface area contributed by atoms with Crippen molar-refractivity contribution in [1.82, 2.24) is 10.6 Å². The molecule has 0 bridgehead atoms. The molecule has 0 aliphatic rings. The Kier molecular flexibility index (Phi) is 7.25. The van der Waals surface area contributed by atoms with Crippen LogP contribution in [0.1, 0.15) is 26.3 Å². The molecule has 0 fully saturated rings. The first-order valence-electron chi connectivity index (χ1n) is 6.95. The van der Waals surface area contributed by atoms with Crippen LogP contribution in [0.15, 0.2) is 29.2 Å². The predicted molar refractivity (Wildman–Crippen MR) is 86.0 cm³/mol. The molecule has 1 atom stereocenters. The lowest BCUT2D eigenvalue weighted by atomic mass is 10.2. The average Bonchev–Trinajstić information content (AvgIpc) is 2.39. The third kappa shape index (κ3) is 7.15. The van der Waals surface area contributed by atoms with E-state index in [1.807, 2.05) is 24.3 Å². The van der Waals surface area contributed by atoms with Gasteiger partial charge in [0, 0.05) is 11.4 Å². The molecule has 1 unspecified atom stereocenters. The van der Waals surface area contributed by atoms with Gasteiger partial charge in [0.05, 0.1) is 5.25 Å². The number of imide groups is 1. The van der Waals surface area contributed by atoms with Crippen LogP contribution in [0.4, 0.5) is 4.79 Å². The Balaban J connectivity index is 2.46. The Morgan fingerprint density at radius 2 is 1.81 bits per heavy atom. The Morgan fingerprint density at radius 3 is 2.33 bits per heavy atom. The van der Waals surface area contributed by atoms with E-state index < -0.39 is 6.03 Å². The van der Waals surface area contributed by atoms with Gasteiger partial charge in [0.2, 0.25) is 5.91 Å². The second kappa shape index (κ2) is 8.69. The first kappa shape index (κ1) is 17.5. The van der Waals surface area contributed by atoms with Crippen molar-refractivity contribution in [2.75, 3.05) is 6.54 Å². The van der Waals surface area contributed by atoms with E-state index in [-0.39, 0.29) is 11.2 Å². The highest BCUT2D eigenvalue weighted by Crippen LogP contribution is 2.23. The minimum Gasteiger partial charge on any atom is -0.351 e. The van der Waals surface area contributed by atoms with Crippen LogP contribution in [-0.4, -0.2) is 23.7 Å². The minimum absolute atomic E-state index is 0.373. The second-order valence-corrected chi connectivity index (χ2v) is 6.70. The molecule has 21 heavy (non-hydrogen) atoms. The normalized spacial score (nSPS) is 12.2. The van der Waals surface area contributed by atoms with Crippen LogP contribution in [0.3, 0.4) is 0 Å². The largest absolute Gasteiger partial charge is 0.351 e. The lowest BCUT2D eigenvalue weighted by molar-refractivity contribution is -0.119. The molecule has 6 heteroatoms. The lowest BCUT2D eigenvalue weighted by Crippen LogP contribution is -2.39. The predicted octanol–water partition coefficient (Wildman–Crippen LogP) is 2.11. The fourth-order valence-electron chi connectivity index (χ4n) is 1.67. The lowest BCUT2D eigenvalue weighted by Gasteiger charge is -2.11. The van der Waals surface area contributed by atoms with E-state index in [4.69, 9.17) is 5.73 Å². The number of hydrogen-bond acceptors (Lipinski definition) is 4. The quantitative estimate of drug-likeness (QED) is 0.674. The van der Waals surface area contributed by atoms with Crippen LogP contribution in [0, 0.1) is 5.92 Å². The van der Waals surface area contributed by atoms with Crippen molar-refractivity contribution in [3.8, 4) is 0 Å². The van der Waals surface area contributed by atoms with E-state index in [0.29, 0.717) is 5.92 Å². The van der Waals surface area contributed by atoms with E-state index >= 15 is 0 Å². The summed E-state index contributed by atoms with van der Waals surface area (Å²) in [6.45, 7) is 7.90. The summed E-state index contributed by atoms with van der Waals surface area (Å²) in [6.07, 6.45) is 0. The van der Waals surface area contributed by atoms with Crippen molar-refractivity contribution in [1.29, 1.82) is 0 Å². The topological polar surface area (TPSA) is 84.2 Å². The molecule has 5 nitrogen and oxygen atoms in total. The summed E-state index contributed by atoms with van der Waals surface area (Å²) >= 11 is 1.39. The highest BCUT2D eigenvalue weighted by atomic mass is 32.2. The maximum atomic E-state index is 11.6. The third-order valence-electron chi connectivity index (χ3n) is 2.73. The van der Waals surface area contributed by atoms with Crippen molar-refractivity contribution in [2.24, 2.45) is 11.7 Å². The molecule has 0 saturated carbocycles. The Labute approximate surface area is 130 Å². The van der Waals surface area contributed by atoms with Gasteiger partial charge >= 0.3 is 6.03 Å². The molecule has 0 aliphatic carbocycles. The van der Waals surface area contributed by atoms with Crippen molar-refractivity contribution in [3.05, 3.63) is 29.8 Å². The molecule has 0 aliphatic heterocycles. The number of carbonyl (C=O) groups is 2. The molecule has 0 radical (unpaired) electrons. The average molecular weight is 309 g/mol. The van der Waals surface area contributed by atoms with Crippen LogP contribution in [0.5, 0.6) is 0 Å². The molecule has 0 aromatic heterocycles. The van der Waals surface area contributed by atoms with Gasteiger partial charge in [-0.15, -0.1) is 11.8 Å². The van der Waals surface area contributed by atoms with Crippen LogP contribution < -0.4 is 16.4 Å². The number of amides is 3. The summed E-state index contributed by atoms with van der Waals surface area (Å²) in [5.74, 6) is 0.250. The van der Waals surface area contributed by atoms with Gasteiger partial charge in [0.1, 0.15) is 0 Å². The number of thioether (sulfide) groups is 1. The number of nitrogens with one attached hydrogen (secondary N) is 2. The fourth-order valence-corrected chi connectivity index (χ4v) is 2.54. The Bertz CT molecular complexity index is 474. The third-order valence-corrected chi connectivity index (χ3v) is 3.85. The zero-order valence-electron chi connectivity index (χ0n) is 12.7. The molecule has 0 spiro atoms. The number of rotatable bonds is 7. The van der Waals surface area contributed by atoms with Crippen LogP contribution in [0.25, 0.3) is 0 Å². The smallest absolute Gasteiger partial charge is 0.318 e. The van der Waals surface area contributed by atoms with Crippen molar-refractivity contribution in [3.63, 3.8) is 0 Å². The molecule has 1 aromatic rings. The summed E-state index contributed by atoms with van der Waals surface area (Å²) in [6, 6.07) is 7.21. The maximum absolute atomic E-state index is 11.6. The molecule has 1 aromatic carbocycles. The fraction of sp³-hybridized carbons (Fsp3) is 0.467. The first-order chi connectivity index (χ1) is 9.88. The van der Waals surface area contributed by atoms with Crippen LogP contribution in [-0.2, 0) is 11.3 Å². The molecule has 0 saturated heterocycles. The number of hydrogen-bond donors (Lipinski definition) is 3. The Hall–Kier alpha value is -1.53. The monoisotopic (exact) mass is 309 g/mol. The van der Waals surface area contributed by atoms with E-state index in [0.717, 1.165) is 18.0 Å². The van der Waals surface area contributed by atoms with Gasteiger partial charge in [0.15, 0.2) is 0 Å². The van der Waals surface area contributed by atoms with Gasteiger partial charge in [0.25, 0.3) is 0 Å². The number of nitrogens with two attached hydrogens (primary N) is 1. The number of carbonyl (C=O) groups excluding carboxylic acids is 2. The van der Waals surface area contributed by atoms with E-state index in [2.05, 4.69) is 24.5 Å². The number of primary amides is 1. The van der Waals surface area contributed by atoms with Crippen molar-refractivity contribution < 1.29 is 9.59 Å². The molecular weight excluding hydrogens is 286 g/mol. The van der Waals surface area contributed by atoms with E-state index in [1.54, 1.807) is 6.92 Å². The number of urea groups is 1.